The Morgan fingerprint density at radius 2 is 1.50 bits per heavy atom. The van der Waals surface area contributed by atoms with Crippen molar-refractivity contribution in [2.75, 3.05) is 5.32 Å². The summed E-state index contributed by atoms with van der Waals surface area (Å²) in [6.07, 6.45) is 0.190. The normalized spacial score (nSPS) is 9.00. The highest BCUT2D eigenvalue weighted by Crippen LogP contribution is 2.19. The van der Waals surface area contributed by atoms with Gasteiger partial charge in [-0.2, -0.15) is 0 Å². The van der Waals surface area contributed by atoms with Gasteiger partial charge in [-0.25, -0.2) is 4.98 Å². The summed E-state index contributed by atoms with van der Waals surface area (Å²) in [6.45, 7) is 13.9. The molecule has 0 fully saturated rings. The first-order valence-electron chi connectivity index (χ1n) is 10.0. The fraction of sp³-hybridized carbons (Fsp3) is 0.292. The Bertz CT molecular complexity index is 870. The van der Waals surface area contributed by atoms with E-state index < -0.39 is 0 Å². The fourth-order valence-corrected chi connectivity index (χ4v) is 2.42. The maximum absolute atomic E-state index is 12.2. The monoisotopic (exact) mass is 411 g/mol. The summed E-state index contributed by atoms with van der Waals surface area (Å²) in [6, 6.07) is 14.5. The van der Waals surface area contributed by atoms with Crippen LogP contribution in [0.4, 0.5) is 5.69 Å². The first-order chi connectivity index (χ1) is 14.5. The molecule has 0 aliphatic carbocycles. The first kappa shape index (κ1) is 26.6. The standard InChI is InChI=1S/C19H19N3O2.2C2H6.CH2O/c1-12-3-5-14(6-4-12)19-20-13(2)17(22-19)11-18(24)21-15-7-9-16(23)10-8-15;3*1-2/h3-10,23H,11H2,1-2H3,(H,20,22)(H,21,24);2*1-2H3;1H2. The summed E-state index contributed by atoms with van der Waals surface area (Å²) in [5.74, 6) is 0.782. The molecule has 0 bridgehead atoms. The van der Waals surface area contributed by atoms with Crippen LogP contribution in [0.15, 0.2) is 48.5 Å². The minimum absolute atomic E-state index is 0.147. The number of nitrogens with zero attached hydrogens (tertiary/aromatic N) is 1. The lowest BCUT2D eigenvalue weighted by Gasteiger charge is -2.04. The molecular weight excluding hydrogens is 378 g/mol. The third-order valence-electron chi connectivity index (χ3n) is 3.79. The number of benzene rings is 2. The van der Waals surface area contributed by atoms with E-state index >= 15 is 0 Å². The van der Waals surface area contributed by atoms with Gasteiger partial charge in [0.15, 0.2) is 0 Å². The van der Waals surface area contributed by atoms with Crippen LogP contribution in [0.5, 0.6) is 5.75 Å². The van der Waals surface area contributed by atoms with E-state index in [9.17, 15) is 9.90 Å². The predicted molar refractivity (Wildman–Crippen MR) is 124 cm³/mol. The van der Waals surface area contributed by atoms with Crippen LogP contribution in [0, 0.1) is 13.8 Å². The van der Waals surface area contributed by atoms with Crippen LogP contribution in [0.2, 0.25) is 0 Å². The van der Waals surface area contributed by atoms with Crippen LogP contribution >= 0.6 is 0 Å². The second kappa shape index (κ2) is 14.6. The summed E-state index contributed by atoms with van der Waals surface area (Å²) in [5, 5.41) is 12.1. The lowest BCUT2D eigenvalue weighted by molar-refractivity contribution is -0.115. The molecule has 6 nitrogen and oxygen atoms in total. The van der Waals surface area contributed by atoms with Crippen molar-refractivity contribution in [2.45, 2.75) is 48.0 Å². The number of rotatable bonds is 4. The number of aromatic amines is 1. The van der Waals surface area contributed by atoms with Crippen LogP contribution in [-0.4, -0.2) is 27.8 Å². The molecule has 0 saturated carbocycles. The van der Waals surface area contributed by atoms with Crippen molar-refractivity contribution < 1.29 is 14.7 Å². The molecule has 1 amide bonds. The Morgan fingerprint density at radius 3 is 2.03 bits per heavy atom. The molecule has 3 N–H and O–H groups in total. The Labute approximate surface area is 179 Å². The number of hydrogen-bond acceptors (Lipinski definition) is 4. The SMILES string of the molecule is C=O.CC.CC.Cc1ccc(-c2nc(CC(=O)Nc3ccc(O)cc3)c(C)[nH]2)cc1. The van der Waals surface area contributed by atoms with Crippen molar-refractivity contribution in [1.82, 2.24) is 9.97 Å². The Balaban J connectivity index is 0.00000129. The number of aromatic hydroxyl groups is 1. The maximum Gasteiger partial charge on any atom is 0.230 e. The molecule has 1 aromatic heterocycles. The van der Waals surface area contributed by atoms with Crippen molar-refractivity contribution in [2.24, 2.45) is 0 Å². The summed E-state index contributed by atoms with van der Waals surface area (Å²) in [5.41, 5.74) is 4.43. The number of nitrogens with one attached hydrogen (secondary N) is 2. The molecule has 2 aromatic carbocycles. The van der Waals surface area contributed by atoms with Crippen LogP contribution < -0.4 is 5.32 Å². The molecule has 6 heteroatoms. The maximum atomic E-state index is 12.2. The van der Waals surface area contributed by atoms with Gasteiger partial charge in [-0.1, -0.05) is 57.5 Å². The number of phenols is 1. The molecule has 0 saturated heterocycles. The third-order valence-corrected chi connectivity index (χ3v) is 3.79. The van der Waals surface area contributed by atoms with Crippen molar-refractivity contribution in [3.05, 3.63) is 65.5 Å². The lowest BCUT2D eigenvalue weighted by atomic mass is 10.1. The largest absolute Gasteiger partial charge is 0.508 e. The smallest absolute Gasteiger partial charge is 0.230 e. The Hall–Kier alpha value is -3.41. The molecule has 0 spiro atoms. The van der Waals surface area contributed by atoms with E-state index in [0.29, 0.717) is 5.69 Å². The van der Waals surface area contributed by atoms with Crippen LogP contribution in [-0.2, 0) is 16.0 Å². The number of carbonyl (C=O) groups is 2. The van der Waals surface area contributed by atoms with Gasteiger partial charge >= 0.3 is 0 Å². The lowest BCUT2D eigenvalue weighted by Crippen LogP contribution is -2.15. The number of imidazole rings is 1. The topological polar surface area (TPSA) is 95.1 Å². The zero-order valence-electron chi connectivity index (χ0n) is 18.7. The van der Waals surface area contributed by atoms with Gasteiger partial charge in [-0.15, -0.1) is 0 Å². The number of anilines is 1. The molecule has 162 valence electrons. The summed E-state index contributed by atoms with van der Waals surface area (Å²) in [4.78, 5) is 28.0. The van der Waals surface area contributed by atoms with Crippen molar-refractivity contribution in [3.8, 4) is 17.1 Å². The predicted octanol–water partition coefficient (Wildman–Crippen LogP) is 5.45. The number of H-pyrrole nitrogens is 1. The van der Waals surface area contributed by atoms with Gasteiger partial charge in [0.1, 0.15) is 18.4 Å². The molecule has 0 atom stereocenters. The average Bonchev–Trinajstić information content (AvgIpc) is 3.14. The highest BCUT2D eigenvalue weighted by Gasteiger charge is 2.12. The summed E-state index contributed by atoms with van der Waals surface area (Å²) in [7, 11) is 0. The summed E-state index contributed by atoms with van der Waals surface area (Å²) < 4.78 is 0. The number of amides is 1. The first-order valence-corrected chi connectivity index (χ1v) is 10.0. The number of aryl methyl sites for hydroxylation is 2. The minimum Gasteiger partial charge on any atom is -0.508 e. The average molecular weight is 412 g/mol. The van der Waals surface area contributed by atoms with Gasteiger partial charge < -0.3 is 20.2 Å². The van der Waals surface area contributed by atoms with Crippen molar-refractivity contribution >= 4 is 18.4 Å². The Morgan fingerprint density at radius 1 is 0.967 bits per heavy atom. The van der Waals surface area contributed by atoms with Gasteiger partial charge in [0.25, 0.3) is 0 Å². The van der Waals surface area contributed by atoms with Gasteiger partial charge in [-0.05, 0) is 38.1 Å². The van der Waals surface area contributed by atoms with E-state index in [0.717, 1.165) is 22.8 Å². The van der Waals surface area contributed by atoms with E-state index in [4.69, 9.17) is 4.79 Å². The van der Waals surface area contributed by atoms with E-state index in [1.807, 2.05) is 72.6 Å². The van der Waals surface area contributed by atoms with E-state index in [2.05, 4.69) is 15.3 Å². The number of aromatic nitrogens is 2. The fourth-order valence-electron chi connectivity index (χ4n) is 2.42. The van der Waals surface area contributed by atoms with Gasteiger partial charge in [-0.3, -0.25) is 4.79 Å². The zero-order valence-corrected chi connectivity index (χ0v) is 18.7. The van der Waals surface area contributed by atoms with Crippen LogP contribution in [0.25, 0.3) is 11.4 Å². The van der Waals surface area contributed by atoms with Gasteiger partial charge in [0.05, 0.1) is 12.1 Å². The molecule has 3 aromatic rings. The second-order valence-electron chi connectivity index (χ2n) is 5.79. The van der Waals surface area contributed by atoms with Crippen molar-refractivity contribution in [3.63, 3.8) is 0 Å². The molecule has 3 rings (SSSR count). The number of phenolic OH excluding ortho intramolecular Hbond substituents is 1. The van der Waals surface area contributed by atoms with Crippen LogP contribution in [0.1, 0.15) is 44.6 Å². The molecule has 0 aliphatic heterocycles. The van der Waals surface area contributed by atoms with E-state index in [-0.39, 0.29) is 18.1 Å². The molecule has 0 unspecified atom stereocenters. The molecule has 0 radical (unpaired) electrons. The minimum atomic E-state index is -0.147. The third kappa shape index (κ3) is 8.31. The van der Waals surface area contributed by atoms with Gasteiger partial charge in [0, 0.05) is 16.9 Å². The molecule has 1 heterocycles. The van der Waals surface area contributed by atoms with E-state index in [1.54, 1.807) is 12.1 Å². The van der Waals surface area contributed by atoms with Crippen LogP contribution in [0.3, 0.4) is 0 Å². The zero-order chi connectivity index (χ0) is 23.1. The van der Waals surface area contributed by atoms with E-state index in [1.165, 1.54) is 17.7 Å². The molecular formula is C24H33N3O3. The Kier molecular flexibility index (Phi) is 12.9. The highest BCUT2D eigenvalue weighted by atomic mass is 16.3. The molecule has 0 aliphatic rings. The van der Waals surface area contributed by atoms with Crippen molar-refractivity contribution in [1.29, 1.82) is 0 Å². The highest BCUT2D eigenvalue weighted by molar-refractivity contribution is 5.92. The second-order valence-corrected chi connectivity index (χ2v) is 5.79. The number of hydrogen-bond donors (Lipinski definition) is 3. The quantitative estimate of drug-likeness (QED) is 0.498. The summed E-state index contributed by atoms with van der Waals surface area (Å²) >= 11 is 0. The molecule has 30 heavy (non-hydrogen) atoms. The number of carbonyl (C=O) groups excluding carboxylic acids is 2. The van der Waals surface area contributed by atoms with Gasteiger partial charge in [0.2, 0.25) is 5.91 Å².